The molecule has 0 bridgehead atoms. The minimum atomic E-state index is 0.961. The van der Waals surface area contributed by atoms with Gasteiger partial charge in [0.15, 0.2) is 0 Å². The van der Waals surface area contributed by atoms with Crippen molar-refractivity contribution in [2.24, 2.45) is 0 Å². The fraction of sp³-hybridized carbons (Fsp3) is 0.500. The molecular formula is C12H18BrNS. The third-order valence-corrected chi connectivity index (χ3v) is 3.20. The van der Waals surface area contributed by atoms with E-state index in [4.69, 9.17) is 0 Å². The van der Waals surface area contributed by atoms with Crippen LogP contribution in [0, 0.1) is 6.92 Å². The molecule has 0 atom stereocenters. The van der Waals surface area contributed by atoms with Gasteiger partial charge in [0.1, 0.15) is 0 Å². The molecule has 0 aliphatic carbocycles. The highest BCUT2D eigenvalue weighted by molar-refractivity contribution is 9.10. The van der Waals surface area contributed by atoms with Gasteiger partial charge in [-0.05, 0) is 61.9 Å². The molecule has 0 aromatic heterocycles. The van der Waals surface area contributed by atoms with E-state index in [1.807, 2.05) is 0 Å². The normalized spacial score (nSPS) is 10.6. The summed E-state index contributed by atoms with van der Waals surface area (Å²) in [6, 6.07) is 6.45. The first-order valence-corrected chi connectivity index (χ1v) is 6.73. The van der Waals surface area contributed by atoms with Crippen molar-refractivity contribution < 1.29 is 0 Å². The first-order valence-electron chi connectivity index (χ1n) is 5.30. The Labute approximate surface area is 106 Å². The second kappa shape index (κ2) is 7.31. The minimum absolute atomic E-state index is 0.961. The van der Waals surface area contributed by atoms with Crippen LogP contribution in [0.2, 0.25) is 0 Å². The molecule has 0 heterocycles. The zero-order valence-electron chi connectivity index (χ0n) is 9.09. The smallest absolute Gasteiger partial charge is 0.0178 e. The fourth-order valence-electron chi connectivity index (χ4n) is 1.46. The van der Waals surface area contributed by atoms with Gasteiger partial charge in [-0.25, -0.2) is 0 Å². The maximum absolute atomic E-state index is 4.18. The van der Waals surface area contributed by atoms with Crippen molar-refractivity contribution in [3.63, 3.8) is 0 Å². The van der Waals surface area contributed by atoms with Gasteiger partial charge >= 0.3 is 0 Å². The molecule has 0 aliphatic rings. The quantitative estimate of drug-likeness (QED) is 0.605. The van der Waals surface area contributed by atoms with Crippen molar-refractivity contribution >= 4 is 28.6 Å². The maximum atomic E-state index is 4.18. The molecule has 0 saturated heterocycles. The number of aryl methyl sites for hydroxylation is 1. The Kier molecular flexibility index (Phi) is 6.37. The predicted octanol–water partition coefficient (Wildman–Crippen LogP) is 3.21. The predicted molar refractivity (Wildman–Crippen MR) is 73.9 cm³/mol. The van der Waals surface area contributed by atoms with E-state index in [0.717, 1.165) is 31.7 Å². The SMILES string of the molecule is Cc1ccc(Br)cc1CCNCCCS. The lowest BCUT2D eigenvalue weighted by Gasteiger charge is -2.07. The number of hydrogen-bond donors (Lipinski definition) is 2. The molecule has 0 unspecified atom stereocenters. The molecule has 0 amide bonds. The molecule has 15 heavy (non-hydrogen) atoms. The molecule has 3 heteroatoms. The standard InChI is InChI=1S/C12H18BrNS/c1-10-3-4-12(13)9-11(10)5-7-14-6-2-8-15/h3-4,9,14-15H,2,5-8H2,1H3. The minimum Gasteiger partial charge on any atom is -0.316 e. The Bertz CT molecular complexity index is 302. The number of benzene rings is 1. The molecule has 1 nitrogen and oxygen atoms in total. The van der Waals surface area contributed by atoms with Gasteiger partial charge in [0.2, 0.25) is 0 Å². The van der Waals surface area contributed by atoms with E-state index in [1.54, 1.807) is 0 Å². The topological polar surface area (TPSA) is 12.0 Å². The fourth-order valence-corrected chi connectivity index (χ4v) is 2.03. The Hall–Kier alpha value is 0.01000. The number of rotatable bonds is 6. The summed E-state index contributed by atoms with van der Waals surface area (Å²) in [4.78, 5) is 0. The van der Waals surface area contributed by atoms with Gasteiger partial charge in [-0.3, -0.25) is 0 Å². The lowest BCUT2D eigenvalue weighted by atomic mass is 10.1. The van der Waals surface area contributed by atoms with E-state index in [2.05, 4.69) is 59.0 Å². The van der Waals surface area contributed by atoms with E-state index in [-0.39, 0.29) is 0 Å². The summed E-state index contributed by atoms with van der Waals surface area (Å²) in [5.74, 6) is 0.961. The van der Waals surface area contributed by atoms with Crippen LogP contribution in [0.25, 0.3) is 0 Å². The van der Waals surface area contributed by atoms with Gasteiger partial charge in [-0.1, -0.05) is 22.0 Å². The van der Waals surface area contributed by atoms with Crippen LogP contribution in [0.5, 0.6) is 0 Å². The molecular weight excluding hydrogens is 270 g/mol. The van der Waals surface area contributed by atoms with Crippen molar-refractivity contribution in [2.75, 3.05) is 18.8 Å². The summed E-state index contributed by atoms with van der Waals surface area (Å²) in [5.41, 5.74) is 2.79. The van der Waals surface area contributed by atoms with Gasteiger partial charge in [-0.2, -0.15) is 12.6 Å². The third-order valence-electron chi connectivity index (χ3n) is 2.39. The van der Waals surface area contributed by atoms with Crippen LogP contribution < -0.4 is 5.32 Å². The average molecular weight is 288 g/mol. The van der Waals surface area contributed by atoms with Gasteiger partial charge in [0.25, 0.3) is 0 Å². The Balaban J connectivity index is 2.33. The summed E-state index contributed by atoms with van der Waals surface area (Å²) in [6.45, 7) is 4.27. The van der Waals surface area contributed by atoms with Crippen molar-refractivity contribution in [2.45, 2.75) is 19.8 Å². The zero-order valence-corrected chi connectivity index (χ0v) is 11.6. The highest BCUT2D eigenvalue weighted by Crippen LogP contribution is 2.16. The van der Waals surface area contributed by atoms with Gasteiger partial charge in [0.05, 0.1) is 0 Å². The number of hydrogen-bond acceptors (Lipinski definition) is 2. The van der Waals surface area contributed by atoms with Gasteiger partial charge in [0, 0.05) is 4.47 Å². The molecule has 84 valence electrons. The van der Waals surface area contributed by atoms with Gasteiger partial charge in [-0.15, -0.1) is 0 Å². The molecule has 1 aromatic rings. The Morgan fingerprint density at radius 2 is 2.13 bits per heavy atom. The zero-order chi connectivity index (χ0) is 11.1. The van der Waals surface area contributed by atoms with Crippen LogP contribution in [0.15, 0.2) is 22.7 Å². The molecule has 0 fully saturated rings. The largest absolute Gasteiger partial charge is 0.316 e. The number of thiol groups is 1. The Morgan fingerprint density at radius 3 is 2.87 bits per heavy atom. The number of halogens is 1. The van der Waals surface area contributed by atoms with Crippen molar-refractivity contribution in [3.05, 3.63) is 33.8 Å². The van der Waals surface area contributed by atoms with Crippen molar-refractivity contribution in [1.82, 2.24) is 5.32 Å². The lowest BCUT2D eigenvalue weighted by Crippen LogP contribution is -2.19. The number of nitrogens with one attached hydrogen (secondary N) is 1. The van der Waals surface area contributed by atoms with Gasteiger partial charge < -0.3 is 5.32 Å². The first kappa shape index (κ1) is 13.1. The lowest BCUT2D eigenvalue weighted by molar-refractivity contribution is 0.673. The van der Waals surface area contributed by atoms with Crippen LogP contribution in [0.4, 0.5) is 0 Å². The van der Waals surface area contributed by atoms with E-state index >= 15 is 0 Å². The summed E-state index contributed by atoms with van der Waals surface area (Å²) in [7, 11) is 0. The van der Waals surface area contributed by atoms with Crippen molar-refractivity contribution in [3.8, 4) is 0 Å². The van der Waals surface area contributed by atoms with Crippen LogP contribution in [0.3, 0.4) is 0 Å². The average Bonchev–Trinajstić information content (AvgIpc) is 2.23. The monoisotopic (exact) mass is 287 g/mol. The van der Waals surface area contributed by atoms with Crippen LogP contribution in [-0.4, -0.2) is 18.8 Å². The second-order valence-corrected chi connectivity index (χ2v) is 5.01. The highest BCUT2D eigenvalue weighted by atomic mass is 79.9. The third kappa shape index (κ3) is 5.05. The molecule has 1 N–H and O–H groups in total. The van der Waals surface area contributed by atoms with Crippen LogP contribution >= 0.6 is 28.6 Å². The summed E-state index contributed by atoms with van der Waals surface area (Å²) in [6.07, 6.45) is 2.23. The van der Waals surface area contributed by atoms with E-state index in [0.29, 0.717) is 0 Å². The Morgan fingerprint density at radius 1 is 1.33 bits per heavy atom. The molecule has 0 radical (unpaired) electrons. The molecule has 0 aliphatic heterocycles. The van der Waals surface area contributed by atoms with Crippen LogP contribution in [-0.2, 0) is 6.42 Å². The van der Waals surface area contributed by atoms with E-state index < -0.39 is 0 Å². The molecule has 0 saturated carbocycles. The first-order chi connectivity index (χ1) is 7.24. The van der Waals surface area contributed by atoms with E-state index in [1.165, 1.54) is 15.6 Å². The van der Waals surface area contributed by atoms with E-state index in [9.17, 15) is 0 Å². The summed E-state index contributed by atoms with van der Waals surface area (Å²) >= 11 is 7.68. The summed E-state index contributed by atoms with van der Waals surface area (Å²) < 4.78 is 1.17. The summed E-state index contributed by atoms with van der Waals surface area (Å²) in [5, 5.41) is 3.42. The maximum Gasteiger partial charge on any atom is 0.0178 e. The second-order valence-electron chi connectivity index (χ2n) is 3.65. The van der Waals surface area contributed by atoms with Crippen LogP contribution in [0.1, 0.15) is 17.5 Å². The molecule has 1 aromatic carbocycles. The highest BCUT2D eigenvalue weighted by Gasteiger charge is 1.98. The molecule has 1 rings (SSSR count). The van der Waals surface area contributed by atoms with Crippen molar-refractivity contribution in [1.29, 1.82) is 0 Å². The molecule has 0 spiro atoms.